The van der Waals surface area contributed by atoms with Crippen molar-refractivity contribution in [2.24, 2.45) is 5.92 Å². The van der Waals surface area contributed by atoms with Gasteiger partial charge in [0.25, 0.3) is 0 Å². The molecule has 1 spiro atoms. The van der Waals surface area contributed by atoms with Crippen LogP contribution in [0.3, 0.4) is 0 Å². The van der Waals surface area contributed by atoms with Crippen molar-refractivity contribution in [3.05, 3.63) is 239 Å². The van der Waals surface area contributed by atoms with Gasteiger partial charge >= 0.3 is 0 Å². The molecule has 304 valence electrons. The number of hydrogen-bond donors (Lipinski definition) is 0. The van der Waals surface area contributed by atoms with E-state index in [9.17, 15) is 0 Å². The Morgan fingerprint density at radius 1 is 0.540 bits per heavy atom. The third kappa shape index (κ3) is 5.53. The van der Waals surface area contributed by atoms with E-state index in [1.165, 1.54) is 0 Å². The second kappa shape index (κ2) is 14.5. The van der Waals surface area contributed by atoms with Gasteiger partial charge in [-0.2, -0.15) is 0 Å². The van der Waals surface area contributed by atoms with E-state index in [-0.39, 0.29) is 5.92 Å². The van der Waals surface area contributed by atoms with Crippen LogP contribution >= 0.6 is 14.3 Å². The van der Waals surface area contributed by atoms with Crippen LogP contribution in [0.5, 0.6) is 11.5 Å². The first-order valence-corrected chi connectivity index (χ1v) is 25.4. The van der Waals surface area contributed by atoms with Gasteiger partial charge in [-0.3, -0.25) is 0 Å². The minimum Gasteiger partial charge on any atom is -0.455 e. The lowest BCUT2D eigenvalue weighted by molar-refractivity contribution is 0.447. The van der Waals surface area contributed by atoms with Crippen molar-refractivity contribution in [3.63, 3.8) is 0 Å². The Balaban J connectivity index is 1.23. The summed E-state index contributed by atoms with van der Waals surface area (Å²) < 4.78 is 40.1. The summed E-state index contributed by atoms with van der Waals surface area (Å²) in [5.74, 6) is 1.86. The van der Waals surface area contributed by atoms with E-state index in [0.29, 0.717) is 0 Å². The van der Waals surface area contributed by atoms with Crippen molar-refractivity contribution in [2.45, 2.75) is 31.6 Å². The highest BCUT2D eigenvalue weighted by Crippen LogP contribution is 2.66. The fourth-order valence-electron chi connectivity index (χ4n) is 10.9. The number of allylic oxidation sites excluding steroid dienone is 8. The van der Waals surface area contributed by atoms with E-state index >= 15 is 9.13 Å². The van der Waals surface area contributed by atoms with Crippen LogP contribution in [-0.2, 0) is 14.5 Å². The molecule has 1 heterocycles. The quantitative estimate of drug-likeness (QED) is 0.157. The van der Waals surface area contributed by atoms with Gasteiger partial charge in [0.05, 0.1) is 5.41 Å². The number of fused-ring (bicyclic) bond motifs is 13. The molecule has 3 atom stereocenters. The highest BCUT2D eigenvalue weighted by Gasteiger charge is 2.53. The van der Waals surface area contributed by atoms with Crippen molar-refractivity contribution in [3.8, 4) is 22.6 Å². The van der Waals surface area contributed by atoms with E-state index in [1.54, 1.807) is 0 Å². The standard InChI is InChI=1S/C58H44O3P2/c1-39-16-15-25-45(36-39)63(60,44-23-9-4-10-24-44)47-31-33-51-50-32-30-46(62(59,42-19-5-2-6-20-42)43-21-7-3-8-22-43)37-54(50)58(55(51)38-47)52-34-28-40-17-11-13-26-48(40)56(52)61-57-49-27-14-12-18-41(49)29-35-53(57)58/h2-7,9-15,17-21,23-39H,8,16,22H2,1H3. The Morgan fingerprint density at radius 3 is 1.63 bits per heavy atom. The van der Waals surface area contributed by atoms with E-state index < -0.39 is 19.7 Å². The highest BCUT2D eigenvalue weighted by atomic mass is 31.2. The Hall–Kier alpha value is -6.50. The monoisotopic (exact) mass is 850 g/mol. The molecule has 8 aromatic rings. The van der Waals surface area contributed by atoms with Gasteiger partial charge in [0.2, 0.25) is 0 Å². The second-order valence-electron chi connectivity index (χ2n) is 17.4. The van der Waals surface area contributed by atoms with Crippen LogP contribution in [0.4, 0.5) is 0 Å². The summed E-state index contributed by atoms with van der Waals surface area (Å²) in [5.41, 5.74) is 5.30. The molecular weight excluding hydrogens is 807 g/mol. The van der Waals surface area contributed by atoms with E-state index in [0.717, 1.165) is 118 Å². The van der Waals surface area contributed by atoms with Crippen molar-refractivity contribution < 1.29 is 13.9 Å². The second-order valence-corrected chi connectivity index (χ2v) is 23.0. The molecule has 5 heteroatoms. The Morgan fingerprint density at radius 2 is 1.08 bits per heavy atom. The molecule has 3 unspecified atom stereocenters. The van der Waals surface area contributed by atoms with Gasteiger partial charge in [-0.05, 0) is 75.7 Å². The first-order valence-electron chi connectivity index (χ1n) is 22.0. The van der Waals surface area contributed by atoms with Crippen molar-refractivity contribution in [1.29, 1.82) is 0 Å². The lowest BCUT2D eigenvalue weighted by atomic mass is 9.65. The van der Waals surface area contributed by atoms with Gasteiger partial charge in [0, 0.05) is 48.4 Å². The van der Waals surface area contributed by atoms with Crippen LogP contribution in [0.1, 0.15) is 48.4 Å². The molecule has 3 nitrogen and oxygen atoms in total. The number of rotatable bonds is 6. The average molecular weight is 851 g/mol. The number of ether oxygens (including phenoxy) is 1. The maximum atomic E-state index is 16.4. The lowest BCUT2D eigenvalue weighted by Gasteiger charge is -2.41. The third-order valence-corrected chi connectivity index (χ3v) is 20.1. The molecule has 63 heavy (non-hydrogen) atoms. The molecule has 4 aliphatic rings. The van der Waals surface area contributed by atoms with Gasteiger partial charge in [-0.25, -0.2) is 0 Å². The predicted octanol–water partition coefficient (Wildman–Crippen LogP) is 13.8. The van der Waals surface area contributed by atoms with Crippen LogP contribution in [-0.4, -0.2) is 0 Å². The Labute approximate surface area is 368 Å². The minimum atomic E-state index is -3.39. The Kier molecular flexibility index (Phi) is 8.81. The van der Waals surface area contributed by atoms with Crippen molar-refractivity contribution >= 4 is 57.0 Å². The zero-order chi connectivity index (χ0) is 42.3. The smallest absolute Gasteiger partial charge is 0.170 e. The largest absolute Gasteiger partial charge is 0.455 e. The van der Waals surface area contributed by atoms with E-state index in [4.69, 9.17) is 4.74 Å². The molecule has 0 N–H and O–H groups in total. The molecule has 0 radical (unpaired) electrons. The van der Waals surface area contributed by atoms with Crippen LogP contribution in [0.25, 0.3) is 32.7 Å². The molecule has 0 aromatic heterocycles. The molecule has 1 aliphatic heterocycles. The maximum absolute atomic E-state index is 16.4. The van der Waals surface area contributed by atoms with E-state index in [2.05, 4.69) is 153 Å². The van der Waals surface area contributed by atoms with Crippen LogP contribution < -0.4 is 26.0 Å². The van der Waals surface area contributed by atoms with E-state index in [1.807, 2.05) is 60.7 Å². The summed E-state index contributed by atoms with van der Waals surface area (Å²) in [6.07, 6.45) is 15.3. The molecule has 8 aromatic carbocycles. The summed E-state index contributed by atoms with van der Waals surface area (Å²) in [6.45, 7) is 2.20. The zero-order valence-corrected chi connectivity index (χ0v) is 36.7. The lowest BCUT2D eigenvalue weighted by Crippen LogP contribution is -2.34. The minimum absolute atomic E-state index is 0.261. The third-order valence-electron chi connectivity index (χ3n) is 13.9. The average Bonchev–Trinajstić information content (AvgIpc) is 3.63. The van der Waals surface area contributed by atoms with Gasteiger partial charge in [0.15, 0.2) is 14.3 Å². The van der Waals surface area contributed by atoms with Crippen LogP contribution in [0.2, 0.25) is 0 Å². The summed E-state index contributed by atoms with van der Waals surface area (Å²) in [7, 11) is -6.71. The molecule has 0 saturated carbocycles. The fraction of sp³-hybridized carbons (Fsp3) is 0.103. The first-order chi connectivity index (χ1) is 30.9. The molecule has 0 fully saturated rings. The zero-order valence-electron chi connectivity index (χ0n) is 34.9. The summed E-state index contributed by atoms with van der Waals surface area (Å²) in [6, 6.07) is 59.0. The number of hydrogen-bond acceptors (Lipinski definition) is 3. The number of benzene rings is 8. The molecule has 12 rings (SSSR count). The van der Waals surface area contributed by atoms with Gasteiger partial charge in [-0.1, -0.05) is 201 Å². The topological polar surface area (TPSA) is 43.4 Å². The summed E-state index contributed by atoms with van der Waals surface area (Å²) >= 11 is 0. The molecule has 3 aliphatic carbocycles. The molecular formula is C58H44O3P2. The molecule has 0 amide bonds. The highest BCUT2D eigenvalue weighted by molar-refractivity contribution is 7.83. The fourth-order valence-corrected chi connectivity index (χ4v) is 16.7. The first kappa shape index (κ1) is 38.2. The summed E-state index contributed by atoms with van der Waals surface area (Å²) in [4.78, 5) is 0. The van der Waals surface area contributed by atoms with Crippen LogP contribution in [0.15, 0.2) is 217 Å². The van der Waals surface area contributed by atoms with Gasteiger partial charge < -0.3 is 13.9 Å². The van der Waals surface area contributed by atoms with Gasteiger partial charge in [-0.15, -0.1) is 0 Å². The van der Waals surface area contributed by atoms with Crippen LogP contribution in [0, 0.1) is 5.92 Å². The normalized spacial score (nSPS) is 18.6. The Bertz CT molecular complexity index is 3340. The molecule has 0 saturated heterocycles. The maximum Gasteiger partial charge on any atom is 0.170 e. The van der Waals surface area contributed by atoms with Crippen molar-refractivity contribution in [2.75, 3.05) is 0 Å². The summed E-state index contributed by atoms with van der Waals surface area (Å²) in [5, 5.41) is 9.26. The van der Waals surface area contributed by atoms with Crippen molar-refractivity contribution in [1.82, 2.24) is 0 Å². The van der Waals surface area contributed by atoms with Gasteiger partial charge in [0.1, 0.15) is 11.5 Å². The SMILES string of the molecule is CC1C=C(P(=O)(c2ccccc2)c2ccc3c(c2)C2(c4cc(P(=O)(C5=CC=CCC5)c5ccccc5)ccc4-3)c3ccc4ccccc4c3Oc3c2ccc2ccccc32)C=CC1. The molecule has 0 bridgehead atoms. The predicted molar refractivity (Wildman–Crippen MR) is 263 cm³/mol.